The average Bonchev–Trinajstić information content (AvgIpc) is 2.40. The third kappa shape index (κ3) is 4.69. The molecule has 1 aromatic rings. The highest BCUT2D eigenvalue weighted by Crippen LogP contribution is 2.17. The first-order valence-electron chi connectivity index (χ1n) is 6.62. The van der Waals surface area contributed by atoms with Crippen LogP contribution in [0.2, 0.25) is 0 Å². The Bertz CT molecular complexity index is 380. The summed E-state index contributed by atoms with van der Waals surface area (Å²) in [5.41, 5.74) is 1.12. The summed E-state index contributed by atoms with van der Waals surface area (Å²) in [6, 6.07) is 8.18. The van der Waals surface area contributed by atoms with E-state index in [1.807, 2.05) is 24.3 Å². The minimum Gasteiger partial charge on any atom is -0.378 e. The van der Waals surface area contributed by atoms with E-state index in [1.54, 1.807) is 0 Å². The van der Waals surface area contributed by atoms with Crippen molar-refractivity contribution in [1.82, 2.24) is 0 Å². The predicted octanol–water partition coefficient (Wildman–Crippen LogP) is 3.75. The summed E-state index contributed by atoms with van der Waals surface area (Å²) in [6.45, 7) is 0.871. The lowest BCUT2D eigenvalue weighted by atomic mass is 10.0. The fraction of sp³-hybridized carbons (Fsp3) is 0.533. The van der Waals surface area contributed by atoms with Crippen molar-refractivity contribution in [3.8, 4) is 0 Å². The van der Waals surface area contributed by atoms with E-state index in [1.165, 1.54) is 16.4 Å². The van der Waals surface area contributed by atoms with Gasteiger partial charge in [0.15, 0.2) is 0 Å². The second kappa shape index (κ2) is 7.24. The highest BCUT2D eigenvalue weighted by atomic mass is 127. The van der Waals surface area contributed by atoms with Gasteiger partial charge in [0, 0.05) is 23.0 Å². The number of ketones is 1. The van der Waals surface area contributed by atoms with Crippen LogP contribution in [0.25, 0.3) is 0 Å². The van der Waals surface area contributed by atoms with Crippen molar-refractivity contribution in [1.29, 1.82) is 0 Å². The zero-order chi connectivity index (χ0) is 12.8. The molecule has 0 bridgehead atoms. The SMILES string of the molecule is O=C(CCC1CCCCO1)Cc1ccc(I)cc1. The monoisotopic (exact) mass is 358 g/mol. The second-order valence-corrected chi connectivity index (χ2v) is 6.11. The van der Waals surface area contributed by atoms with Gasteiger partial charge in [-0.1, -0.05) is 12.1 Å². The van der Waals surface area contributed by atoms with E-state index >= 15 is 0 Å². The summed E-state index contributed by atoms with van der Waals surface area (Å²) < 4.78 is 6.85. The second-order valence-electron chi connectivity index (χ2n) is 4.87. The lowest BCUT2D eigenvalue weighted by Gasteiger charge is -2.22. The lowest BCUT2D eigenvalue weighted by Crippen LogP contribution is -2.20. The topological polar surface area (TPSA) is 26.3 Å². The Morgan fingerprint density at radius 3 is 2.72 bits per heavy atom. The Balaban J connectivity index is 1.73. The fourth-order valence-electron chi connectivity index (χ4n) is 2.28. The first-order chi connectivity index (χ1) is 8.74. The van der Waals surface area contributed by atoms with Gasteiger partial charge < -0.3 is 4.74 Å². The highest BCUT2D eigenvalue weighted by Gasteiger charge is 2.15. The number of rotatable bonds is 5. The van der Waals surface area contributed by atoms with Crippen molar-refractivity contribution in [3.05, 3.63) is 33.4 Å². The van der Waals surface area contributed by atoms with Crippen molar-refractivity contribution >= 4 is 28.4 Å². The zero-order valence-electron chi connectivity index (χ0n) is 10.5. The maximum atomic E-state index is 11.9. The van der Waals surface area contributed by atoms with Gasteiger partial charge in [-0.05, 0) is 66.0 Å². The van der Waals surface area contributed by atoms with Crippen LogP contribution >= 0.6 is 22.6 Å². The van der Waals surface area contributed by atoms with Crippen LogP contribution in [0.5, 0.6) is 0 Å². The summed E-state index contributed by atoms with van der Waals surface area (Å²) in [7, 11) is 0. The van der Waals surface area contributed by atoms with Crippen molar-refractivity contribution in [2.45, 2.75) is 44.6 Å². The van der Waals surface area contributed by atoms with E-state index in [4.69, 9.17) is 4.74 Å². The molecule has 18 heavy (non-hydrogen) atoms. The molecule has 1 fully saturated rings. The summed E-state index contributed by atoms with van der Waals surface area (Å²) in [5.74, 6) is 0.324. The zero-order valence-corrected chi connectivity index (χ0v) is 12.7. The number of benzene rings is 1. The van der Waals surface area contributed by atoms with Gasteiger partial charge in [0.1, 0.15) is 5.78 Å². The molecule has 3 heteroatoms. The molecule has 0 N–H and O–H groups in total. The van der Waals surface area contributed by atoms with Gasteiger partial charge in [-0.25, -0.2) is 0 Å². The normalized spacial score (nSPS) is 19.7. The van der Waals surface area contributed by atoms with E-state index < -0.39 is 0 Å². The molecule has 1 aliphatic heterocycles. The largest absolute Gasteiger partial charge is 0.378 e. The minimum atomic E-state index is 0.319. The van der Waals surface area contributed by atoms with Crippen LogP contribution < -0.4 is 0 Å². The third-order valence-electron chi connectivity index (χ3n) is 3.33. The van der Waals surface area contributed by atoms with Gasteiger partial charge in [-0.3, -0.25) is 4.79 Å². The summed E-state index contributed by atoms with van der Waals surface area (Å²) in [4.78, 5) is 11.9. The van der Waals surface area contributed by atoms with E-state index in [-0.39, 0.29) is 0 Å². The molecule has 1 aromatic carbocycles. The average molecular weight is 358 g/mol. The third-order valence-corrected chi connectivity index (χ3v) is 4.05. The molecule has 0 aromatic heterocycles. The molecule has 0 spiro atoms. The Labute approximate surface area is 122 Å². The number of ether oxygens (including phenoxy) is 1. The predicted molar refractivity (Wildman–Crippen MR) is 80.7 cm³/mol. The Morgan fingerprint density at radius 2 is 2.06 bits per heavy atom. The fourth-order valence-corrected chi connectivity index (χ4v) is 2.63. The number of halogens is 1. The van der Waals surface area contributed by atoms with Crippen LogP contribution in [0, 0.1) is 3.57 Å². The molecular weight excluding hydrogens is 339 g/mol. The number of Topliss-reactive ketones (excluding diaryl/α,β-unsaturated/α-hetero) is 1. The molecule has 1 heterocycles. The van der Waals surface area contributed by atoms with Gasteiger partial charge >= 0.3 is 0 Å². The highest BCUT2D eigenvalue weighted by molar-refractivity contribution is 14.1. The van der Waals surface area contributed by atoms with E-state index in [0.29, 0.717) is 24.7 Å². The van der Waals surface area contributed by atoms with E-state index in [0.717, 1.165) is 25.0 Å². The Morgan fingerprint density at radius 1 is 1.28 bits per heavy atom. The number of hydrogen-bond acceptors (Lipinski definition) is 2. The molecule has 0 radical (unpaired) electrons. The summed E-state index contributed by atoms with van der Waals surface area (Å²) in [5, 5.41) is 0. The molecule has 0 aliphatic carbocycles. The standard InChI is InChI=1S/C15H19IO2/c16-13-6-4-12(5-7-13)11-14(17)8-9-15-3-1-2-10-18-15/h4-7,15H,1-3,8-11H2. The smallest absolute Gasteiger partial charge is 0.137 e. The Hall–Kier alpha value is -0.420. The molecule has 1 aliphatic rings. The van der Waals surface area contributed by atoms with Crippen LogP contribution in [0.1, 0.15) is 37.7 Å². The molecule has 0 amide bonds. The molecular formula is C15H19IO2. The van der Waals surface area contributed by atoms with Crippen molar-refractivity contribution in [2.24, 2.45) is 0 Å². The van der Waals surface area contributed by atoms with Crippen LogP contribution in [0.15, 0.2) is 24.3 Å². The quantitative estimate of drug-likeness (QED) is 0.750. The first-order valence-corrected chi connectivity index (χ1v) is 7.69. The van der Waals surface area contributed by atoms with Gasteiger partial charge in [-0.15, -0.1) is 0 Å². The minimum absolute atomic E-state index is 0.319. The van der Waals surface area contributed by atoms with Gasteiger partial charge in [0.05, 0.1) is 6.10 Å². The van der Waals surface area contributed by atoms with Crippen molar-refractivity contribution < 1.29 is 9.53 Å². The maximum absolute atomic E-state index is 11.9. The molecule has 0 saturated carbocycles. The molecule has 1 atom stereocenters. The maximum Gasteiger partial charge on any atom is 0.137 e. The van der Waals surface area contributed by atoms with E-state index in [2.05, 4.69) is 22.6 Å². The van der Waals surface area contributed by atoms with Gasteiger partial charge in [-0.2, -0.15) is 0 Å². The number of hydrogen-bond donors (Lipinski definition) is 0. The molecule has 1 saturated heterocycles. The number of carbonyl (C=O) groups excluding carboxylic acids is 1. The van der Waals surface area contributed by atoms with Crippen molar-refractivity contribution in [2.75, 3.05) is 6.61 Å². The Kier molecular flexibility index (Phi) is 5.63. The molecule has 98 valence electrons. The van der Waals surface area contributed by atoms with Crippen LogP contribution in [-0.2, 0) is 16.0 Å². The lowest BCUT2D eigenvalue weighted by molar-refractivity contribution is -0.119. The molecule has 2 rings (SSSR count). The van der Waals surface area contributed by atoms with Gasteiger partial charge in [0.2, 0.25) is 0 Å². The number of carbonyl (C=O) groups is 1. The van der Waals surface area contributed by atoms with Crippen LogP contribution in [-0.4, -0.2) is 18.5 Å². The van der Waals surface area contributed by atoms with Gasteiger partial charge in [0.25, 0.3) is 0 Å². The summed E-state index contributed by atoms with van der Waals surface area (Å²) >= 11 is 2.27. The summed E-state index contributed by atoms with van der Waals surface area (Å²) in [6.07, 6.45) is 5.96. The molecule has 1 unspecified atom stereocenters. The van der Waals surface area contributed by atoms with E-state index in [9.17, 15) is 4.79 Å². The molecule has 2 nitrogen and oxygen atoms in total. The first kappa shape index (κ1) is 14.0. The van der Waals surface area contributed by atoms with Crippen molar-refractivity contribution in [3.63, 3.8) is 0 Å². The van der Waals surface area contributed by atoms with Crippen LogP contribution in [0.4, 0.5) is 0 Å². The van der Waals surface area contributed by atoms with Crippen LogP contribution in [0.3, 0.4) is 0 Å².